The Hall–Kier alpha value is -3.16. The molecular formula is C22H23ClN6O. The molecule has 154 valence electrons. The highest BCUT2D eigenvalue weighted by molar-refractivity contribution is 6.30. The first-order valence-corrected chi connectivity index (χ1v) is 10.1. The molecule has 2 aromatic heterocycles. The molecule has 1 atom stereocenters. The molecule has 8 heteroatoms. The van der Waals surface area contributed by atoms with Crippen molar-refractivity contribution >= 4 is 34.8 Å². The van der Waals surface area contributed by atoms with E-state index in [0.717, 1.165) is 28.3 Å². The van der Waals surface area contributed by atoms with Gasteiger partial charge in [0.1, 0.15) is 5.82 Å². The summed E-state index contributed by atoms with van der Waals surface area (Å²) in [6.45, 7) is 3.87. The number of hydrogen-bond acceptors (Lipinski definition) is 6. The van der Waals surface area contributed by atoms with Crippen molar-refractivity contribution in [1.29, 1.82) is 0 Å². The van der Waals surface area contributed by atoms with Crippen LogP contribution in [-0.4, -0.2) is 37.3 Å². The van der Waals surface area contributed by atoms with Crippen LogP contribution in [-0.2, 0) is 6.42 Å². The van der Waals surface area contributed by atoms with Gasteiger partial charge in [-0.2, -0.15) is 9.50 Å². The van der Waals surface area contributed by atoms with E-state index < -0.39 is 0 Å². The standard InChI is InChI=1S/C22H23ClN6O/c1-14-8-9-17(23)12-19(14)26-21-27-22-24-15(2)10-20(29(22)28-21)25-18(13-30)11-16-6-4-3-5-7-16/h3-10,12,18,25,30H,11,13H2,1-2H3,(H,26,28)/t18-/m0/s1. The first kappa shape index (κ1) is 20.1. The van der Waals surface area contributed by atoms with Crippen LogP contribution in [0.25, 0.3) is 5.78 Å². The average molecular weight is 423 g/mol. The molecule has 0 amide bonds. The highest BCUT2D eigenvalue weighted by Crippen LogP contribution is 2.24. The molecule has 0 aliphatic carbocycles. The molecule has 0 bridgehead atoms. The zero-order valence-electron chi connectivity index (χ0n) is 16.8. The maximum absolute atomic E-state index is 9.90. The van der Waals surface area contributed by atoms with Crippen molar-refractivity contribution in [2.45, 2.75) is 26.3 Å². The van der Waals surface area contributed by atoms with E-state index in [2.05, 4.69) is 25.7 Å². The number of halogens is 1. The SMILES string of the molecule is Cc1cc(N[C@H](CO)Cc2ccccc2)n2nc(Nc3cc(Cl)ccc3C)nc2n1. The number of aliphatic hydroxyl groups excluding tert-OH is 1. The van der Waals surface area contributed by atoms with Gasteiger partial charge in [-0.25, -0.2) is 4.98 Å². The minimum atomic E-state index is -0.173. The maximum Gasteiger partial charge on any atom is 0.256 e. The Kier molecular flexibility index (Phi) is 5.83. The minimum Gasteiger partial charge on any atom is -0.394 e. The molecule has 0 radical (unpaired) electrons. The van der Waals surface area contributed by atoms with Crippen molar-refractivity contribution in [2.24, 2.45) is 0 Å². The van der Waals surface area contributed by atoms with E-state index in [4.69, 9.17) is 11.6 Å². The number of benzene rings is 2. The Morgan fingerprint density at radius 2 is 1.87 bits per heavy atom. The Bertz CT molecular complexity index is 1160. The van der Waals surface area contributed by atoms with Gasteiger partial charge in [-0.1, -0.05) is 48.0 Å². The van der Waals surface area contributed by atoms with Crippen LogP contribution in [0, 0.1) is 13.8 Å². The van der Waals surface area contributed by atoms with Crippen LogP contribution in [0.1, 0.15) is 16.8 Å². The smallest absolute Gasteiger partial charge is 0.256 e. The minimum absolute atomic E-state index is 0.0146. The lowest BCUT2D eigenvalue weighted by Gasteiger charge is -2.18. The van der Waals surface area contributed by atoms with Crippen molar-refractivity contribution < 1.29 is 5.11 Å². The average Bonchev–Trinajstić information content (AvgIpc) is 3.13. The summed E-state index contributed by atoms with van der Waals surface area (Å²) in [5.41, 5.74) is 3.81. The molecule has 2 aromatic carbocycles. The summed E-state index contributed by atoms with van der Waals surface area (Å²) in [7, 11) is 0. The van der Waals surface area contributed by atoms with Crippen LogP contribution in [0.15, 0.2) is 54.6 Å². The third-order valence-electron chi connectivity index (χ3n) is 4.78. The Balaban J connectivity index is 1.62. The number of aryl methyl sites for hydroxylation is 2. The maximum atomic E-state index is 9.90. The summed E-state index contributed by atoms with van der Waals surface area (Å²) in [4.78, 5) is 8.98. The van der Waals surface area contributed by atoms with Crippen LogP contribution in [0.4, 0.5) is 17.5 Å². The second-order valence-electron chi connectivity index (χ2n) is 7.23. The zero-order chi connectivity index (χ0) is 21.1. The topological polar surface area (TPSA) is 87.4 Å². The number of aliphatic hydroxyl groups is 1. The molecule has 0 aliphatic heterocycles. The molecule has 4 aromatic rings. The van der Waals surface area contributed by atoms with Gasteiger partial charge < -0.3 is 15.7 Å². The zero-order valence-corrected chi connectivity index (χ0v) is 17.6. The molecule has 0 unspecified atom stereocenters. The van der Waals surface area contributed by atoms with Crippen LogP contribution in [0.2, 0.25) is 5.02 Å². The summed E-state index contributed by atoms with van der Waals surface area (Å²) in [5, 5.41) is 21.7. The first-order chi connectivity index (χ1) is 14.5. The van der Waals surface area contributed by atoms with Crippen molar-refractivity contribution in [2.75, 3.05) is 17.2 Å². The predicted molar refractivity (Wildman–Crippen MR) is 120 cm³/mol. The van der Waals surface area contributed by atoms with Gasteiger partial charge in [0.2, 0.25) is 5.95 Å². The van der Waals surface area contributed by atoms with Gasteiger partial charge >= 0.3 is 0 Å². The molecule has 4 rings (SSSR count). The molecule has 2 heterocycles. The molecule has 0 saturated carbocycles. The van der Waals surface area contributed by atoms with Crippen LogP contribution >= 0.6 is 11.6 Å². The number of nitrogens with one attached hydrogen (secondary N) is 2. The molecule has 30 heavy (non-hydrogen) atoms. The van der Waals surface area contributed by atoms with E-state index in [9.17, 15) is 5.11 Å². The molecule has 3 N–H and O–H groups in total. The normalized spacial score (nSPS) is 12.1. The van der Waals surface area contributed by atoms with Crippen LogP contribution < -0.4 is 10.6 Å². The number of fused-ring (bicyclic) bond motifs is 1. The van der Waals surface area contributed by atoms with Crippen LogP contribution in [0.5, 0.6) is 0 Å². The summed E-state index contributed by atoms with van der Waals surface area (Å²) in [6, 6.07) is 17.4. The van der Waals surface area contributed by atoms with E-state index >= 15 is 0 Å². The van der Waals surface area contributed by atoms with Crippen molar-refractivity contribution in [1.82, 2.24) is 19.6 Å². The van der Waals surface area contributed by atoms with E-state index in [1.165, 1.54) is 0 Å². The highest BCUT2D eigenvalue weighted by Gasteiger charge is 2.15. The van der Waals surface area contributed by atoms with Gasteiger partial charge in [-0.15, -0.1) is 5.10 Å². The van der Waals surface area contributed by atoms with Crippen molar-refractivity contribution in [3.8, 4) is 0 Å². The number of aromatic nitrogens is 4. The quantitative estimate of drug-likeness (QED) is 0.414. The molecule has 0 fully saturated rings. The number of nitrogens with zero attached hydrogens (tertiary/aromatic N) is 4. The fourth-order valence-corrected chi connectivity index (χ4v) is 3.43. The number of hydrogen-bond donors (Lipinski definition) is 3. The molecule has 0 aliphatic rings. The monoisotopic (exact) mass is 422 g/mol. The van der Waals surface area contributed by atoms with Crippen molar-refractivity contribution in [3.63, 3.8) is 0 Å². The van der Waals surface area contributed by atoms with E-state index in [0.29, 0.717) is 23.2 Å². The second-order valence-corrected chi connectivity index (χ2v) is 7.66. The van der Waals surface area contributed by atoms with Crippen LogP contribution in [0.3, 0.4) is 0 Å². The fourth-order valence-electron chi connectivity index (χ4n) is 3.26. The third kappa shape index (κ3) is 4.53. The van der Waals surface area contributed by atoms with Gasteiger partial charge in [0.25, 0.3) is 5.78 Å². The van der Waals surface area contributed by atoms with Gasteiger partial charge in [0.05, 0.1) is 12.6 Å². The van der Waals surface area contributed by atoms with E-state index in [1.807, 2.05) is 68.4 Å². The molecule has 7 nitrogen and oxygen atoms in total. The summed E-state index contributed by atoms with van der Waals surface area (Å²) >= 11 is 6.12. The molecular weight excluding hydrogens is 400 g/mol. The third-order valence-corrected chi connectivity index (χ3v) is 5.02. The Morgan fingerprint density at radius 1 is 1.07 bits per heavy atom. The van der Waals surface area contributed by atoms with Gasteiger partial charge in [0.15, 0.2) is 0 Å². The largest absolute Gasteiger partial charge is 0.394 e. The summed E-state index contributed by atoms with van der Waals surface area (Å²) in [5.74, 6) is 1.61. The Morgan fingerprint density at radius 3 is 2.63 bits per heavy atom. The molecule has 0 saturated heterocycles. The fraction of sp³-hybridized carbons (Fsp3) is 0.227. The lowest BCUT2D eigenvalue weighted by molar-refractivity contribution is 0.273. The number of rotatable bonds is 7. The van der Waals surface area contributed by atoms with E-state index in [1.54, 1.807) is 4.52 Å². The lowest BCUT2D eigenvalue weighted by Crippen LogP contribution is -2.27. The first-order valence-electron chi connectivity index (χ1n) is 9.71. The molecule has 0 spiro atoms. The van der Waals surface area contributed by atoms with Gasteiger partial charge in [-0.3, -0.25) is 0 Å². The predicted octanol–water partition coefficient (Wildman–Crippen LogP) is 4.15. The van der Waals surface area contributed by atoms with Gasteiger partial charge in [0, 0.05) is 22.5 Å². The van der Waals surface area contributed by atoms with E-state index in [-0.39, 0.29) is 12.6 Å². The highest BCUT2D eigenvalue weighted by atomic mass is 35.5. The second kappa shape index (κ2) is 8.69. The summed E-state index contributed by atoms with van der Waals surface area (Å²) < 4.78 is 1.64. The van der Waals surface area contributed by atoms with Crippen molar-refractivity contribution in [3.05, 3.63) is 76.4 Å². The lowest BCUT2D eigenvalue weighted by atomic mass is 10.1. The summed E-state index contributed by atoms with van der Waals surface area (Å²) in [6.07, 6.45) is 0.682. The Labute approximate surface area is 179 Å². The number of anilines is 3. The van der Waals surface area contributed by atoms with Gasteiger partial charge in [-0.05, 0) is 43.5 Å².